The summed E-state index contributed by atoms with van der Waals surface area (Å²) in [4.78, 5) is 15.3. The lowest BCUT2D eigenvalue weighted by molar-refractivity contribution is -0.120. The van der Waals surface area contributed by atoms with E-state index in [1.54, 1.807) is 7.11 Å². The molecule has 0 atom stereocenters. The van der Waals surface area contributed by atoms with Gasteiger partial charge >= 0.3 is 0 Å². The topological polar surface area (TPSA) is 74.4 Å². The number of aromatic amines is 1. The molecule has 3 N–H and O–H groups in total. The molecule has 0 saturated carbocycles. The Morgan fingerprint density at radius 2 is 2.17 bits per heavy atom. The molecule has 0 aliphatic heterocycles. The highest BCUT2D eigenvalue weighted by molar-refractivity contribution is 5.89. The van der Waals surface area contributed by atoms with Crippen LogP contribution in [0.2, 0.25) is 0 Å². The van der Waals surface area contributed by atoms with Crippen molar-refractivity contribution in [2.75, 3.05) is 20.3 Å². The fraction of sp³-hybridized carbons (Fsp3) is 0.500. The molecule has 1 aromatic heterocycles. The number of aliphatic hydroxyl groups excluding tert-OH is 1. The maximum absolute atomic E-state index is 12.1. The molecule has 2 aromatic rings. The highest BCUT2D eigenvalue weighted by Gasteiger charge is 2.16. The molecule has 5 heteroatoms. The molecule has 0 spiro atoms. The maximum atomic E-state index is 12.1. The molecule has 0 aliphatic rings. The minimum Gasteiger partial charge on any atom is -0.497 e. The van der Waals surface area contributed by atoms with Crippen molar-refractivity contribution in [3.05, 3.63) is 30.0 Å². The smallest absolute Gasteiger partial charge is 0.224 e. The monoisotopic (exact) mass is 318 g/mol. The second-order valence-electron chi connectivity index (χ2n) is 6.68. The summed E-state index contributed by atoms with van der Waals surface area (Å²) in [6, 6.07) is 5.79. The van der Waals surface area contributed by atoms with Crippen molar-refractivity contribution < 1.29 is 14.6 Å². The lowest BCUT2D eigenvalue weighted by Crippen LogP contribution is -2.27. The van der Waals surface area contributed by atoms with Gasteiger partial charge in [0.15, 0.2) is 0 Å². The summed E-state index contributed by atoms with van der Waals surface area (Å²) in [5.41, 5.74) is 1.88. The quantitative estimate of drug-likeness (QED) is 0.655. The normalized spacial score (nSPS) is 11.7. The molecule has 0 aliphatic carbocycles. The molecule has 0 bridgehead atoms. The zero-order chi connectivity index (χ0) is 16.9. The number of rotatable bonds is 8. The number of aliphatic hydroxyl groups is 1. The van der Waals surface area contributed by atoms with Gasteiger partial charge in [-0.15, -0.1) is 0 Å². The number of hydrogen-bond donors (Lipinski definition) is 3. The van der Waals surface area contributed by atoms with Crippen LogP contribution in [0.15, 0.2) is 24.4 Å². The van der Waals surface area contributed by atoms with Crippen LogP contribution in [0.25, 0.3) is 10.9 Å². The van der Waals surface area contributed by atoms with Crippen molar-refractivity contribution >= 4 is 16.8 Å². The summed E-state index contributed by atoms with van der Waals surface area (Å²) in [6.45, 7) is 4.84. The predicted octanol–water partition coefficient (Wildman–Crippen LogP) is 2.63. The number of ether oxygens (including phenoxy) is 1. The van der Waals surface area contributed by atoms with E-state index in [-0.39, 0.29) is 17.9 Å². The Bertz CT molecular complexity index is 661. The average molecular weight is 318 g/mol. The van der Waals surface area contributed by atoms with Crippen molar-refractivity contribution in [1.82, 2.24) is 10.3 Å². The maximum Gasteiger partial charge on any atom is 0.224 e. The van der Waals surface area contributed by atoms with Crippen LogP contribution in [0.3, 0.4) is 0 Å². The first kappa shape index (κ1) is 17.3. The van der Waals surface area contributed by atoms with Crippen LogP contribution in [-0.4, -0.2) is 36.3 Å². The molecule has 0 fully saturated rings. The Hall–Kier alpha value is -2.01. The lowest BCUT2D eigenvalue weighted by atomic mass is 9.89. The Morgan fingerprint density at radius 1 is 1.39 bits per heavy atom. The Kier molecular flexibility index (Phi) is 5.66. The summed E-state index contributed by atoms with van der Waals surface area (Å²) in [6.07, 6.45) is 3.96. The van der Waals surface area contributed by atoms with Gasteiger partial charge in [-0.1, -0.05) is 13.8 Å². The van der Waals surface area contributed by atoms with E-state index >= 15 is 0 Å². The van der Waals surface area contributed by atoms with Gasteiger partial charge in [0.2, 0.25) is 5.91 Å². The Balaban J connectivity index is 1.88. The second-order valence-corrected chi connectivity index (χ2v) is 6.68. The Morgan fingerprint density at radius 3 is 2.87 bits per heavy atom. The van der Waals surface area contributed by atoms with Gasteiger partial charge in [-0.3, -0.25) is 4.79 Å². The summed E-state index contributed by atoms with van der Waals surface area (Å²) >= 11 is 0. The number of hydrogen-bond acceptors (Lipinski definition) is 3. The zero-order valence-electron chi connectivity index (χ0n) is 14.1. The number of carbonyl (C=O) groups excluding carboxylic acids is 1. The number of aromatic nitrogens is 1. The molecule has 0 radical (unpaired) electrons. The summed E-state index contributed by atoms with van der Waals surface area (Å²) in [5.74, 6) is 0.792. The fourth-order valence-electron chi connectivity index (χ4n) is 2.54. The predicted molar refractivity (Wildman–Crippen MR) is 91.7 cm³/mol. The van der Waals surface area contributed by atoms with Gasteiger partial charge < -0.3 is 20.1 Å². The molecule has 1 aromatic carbocycles. The van der Waals surface area contributed by atoms with Crippen molar-refractivity contribution in [3.8, 4) is 5.75 Å². The van der Waals surface area contributed by atoms with Gasteiger partial charge in [0.05, 0.1) is 13.5 Å². The number of nitrogens with one attached hydrogen (secondary N) is 2. The molecule has 0 saturated heterocycles. The number of methoxy groups -OCH3 is 1. The van der Waals surface area contributed by atoms with E-state index < -0.39 is 0 Å². The second kappa shape index (κ2) is 7.51. The number of carbonyl (C=O) groups is 1. The Labute approximate surface area is 137 Å². The first-order chi connectivity index (χ1) is 10.9. The zero-order valence-corrected chi connectivity index (χ0v) is 14.1. The minimum absolute atomic E-state index is 0.00974. The third kappa shape index (κ3) is 4.73. The number of fused-ring (bicyclic) bond motifs is 1. The van der Waals surface area contributed by atoms with Crippen LogP contribution in [0.4, 0.5) is 0 Å². The van der Waals surface area contributed by atoms with E-state index in [9.17, 15) is 9.90 Å². The van der Waals surface area contributed by atoms with Gasteiger partial charge in [-0.05, 0) is 42.0 Å². The minimum atomic E-state index is -0.0852. The van der Waals surface area contributed by atoms with Crippen LogP contribution >= 0.6 is 0 Å². The molecule has 1 amide bonds. The summed E-state index contributed by atoms with van der Waals surface area (Å²) in [7, 11) is 1.63. The summed E-state index contributed by atoms with van der Waals surface area (Å²) in [5, 5.41) is 13.2. The lowest BCUT2D eigenvalue weighted by Gasteiger charge is -2.21. The highest BCUT2D eigenvalue weighted by Crippen LogP contribution is 2.24. The van der Waals surface area contributed by atoms with Crippen LogP contribution in [0.1, 0.15) is 32.3 Å². The SMILES string of the molecule is COc1ccc2[nH]cc(CC(=O)NCCCC(C)(C)CO)c2c1. The first-order valence-corrected chi connectivity index (χ1v) is 7.97. The van der Waals surface area contributed by atoms with Gasteiger partial charge in [0.1, 0.15) is 5.75 Å². The van der Waals surface area contributed by atoms with Crippen LogP contribution in [-0.2, 0) is 11.2 Å². The molecule has 126 valence electrons. The molecule has 1 heterocycles. The number of benzene rings is 1. The third-order valence-corrected chi connectivity index (χ3v) is 4.11. The van der Waals surface area contributed by atoms with Crippen molar-refractivity contribution in [1.29, 1.82) is 0 Å². The van der Waals surface area contributed by atoms with Gasteiger partial charge in [0, 0.05) is 30.3 Å². The van der Waals surface area contributed by atoms with Crippen molar-refractivity contribution in [2.24, 2.45) is 5.41 Å². The van der Waals surface area contributed by atoms with Gasteiger partial charge in [-0.25, -0.2) is 0 Å². The van der Waals surface area contributed by atoms with Crippen LogP contribution in [0, 0.1) is 5.41 Å². The highest BCUT2D eigenvalue weighted by atomic mass is 16.5. The van der Waals surface area contributed by atoms with E-state index in [0.717, 1.165) is 35.1 Å². The van der Waals surface area contributed by atoms with Gasteiger partial charge in [-0.2, -0.15) is 0 Å². The third-order valence-electron chi connectivity index (χ3n) is 4.11. The summed E-state index contributed by atoms with van der Waals surface area (Å²) < 4.78 is 5.24. The molecular formula is C18H26N2O3. The molecule has 23 heavy (non-hydrogen) atoms. The van der Waals surface area contributed by atoms with Crippen LogP contribution in [0.5, 0.6) is 5.75 Å². The van der Waals surface area contributed by atoms with E-state index in [0.29, 0.717) is 13.0 Å². The number of H-pyrrole nitrogens is 1. The number of amides is 1. The van der Waals surface area contributed by atoms with E-state index in [1.165, 1.54) is 0 Å². The molecule has 5 nitrogen and oxygen atoms in total. The van der Waals surface area contributed by atoms with E-state index in [4.69, 9.17) is 4.74 Å². The van der Waals surface area contributed by atoms with Crippen molar-refractivity contribution in [2.45, 2.75) is 33.1 Å². The molecular weight excluding hydrogens is 292 g/mol. The van der Waals surface area contributed by atoms with E-state index in [1.807, 2.05) is 38.2 Å². The van der Waals surface area contributed by atoms with E-state index in [2.05, 4.69) is 10.3 Å². The fourth-order valence-corrected chi connectivity index (χ4v) is 2.54. The first-order valence-electron chi connectivity index (χ1n) is 7.97. The van der Waals surface area contributed by atoms with Crippen LogP contribution < -0.4 is 10.1 Å². The average Bonchev–Trinajstić information content (AvgIpc) is 2.93. The van der Waals surface area contributed by atoms with Gasteiger partial charge in [0.25, 0.3) is 0 Å². The largest absolute Gasteiger partial charge is 0.497 e. The molecule has 2 rings (SSSR count). The van der Waals surface area contributed by atoms with Crippen molar-refractivity contribution in [3.63, 3.8) is 0 Å². The standard InChI is InChI=1S/C18H26N2O3/c1-18(2,12-21)7-4-8-19-17(22)9-13-11-20-16-6-5-14(23-3)10-15(13)16/h5-6,10-11,20-21H,4,7-9,12H2,1-3H3,(H,19,22). The molecule has 0 unspecified atom stereocenters.